The lowest BCUT2D eigenvalue weighted by atomic mass is 9.78. The Bertz CT molecular complexity index is 578. The van der Waals surface area contributed by atoms with Gasteiger partial charge in [-0.05, 0) is 48.4 Å². The highest BCUT2D eigenvalue weighted by atomic mass is 16.3. The molecule has 0 saturated carbocycles. The lowest BCUT2D eigenvalue weighted by molar-refractivity contribution is 0.423. The van der Waals surface area contributed by atoms with E-state index >= 15 is 0 Å². The summed E-state index contributed by atoms with van der Waals surface area (Å²) in [7, 11) is 0. The van der Waals surface area contributed by atoms with Crippen molar-refractivity contribution in [2.45, 2.75) is 71.8 Å². The maximum absolute atomic E-state index is 10.8. The lowest BCUT2D eigenvalue weighted by Gasteiger charge is -2.28. The van der Waals surface area contributed by atoms with Crippen LogP contribution in [-0.4, -0.2) is 10.6 Å². The van der Waals surface area contributed by atoms with Gasteiger partial charge >= 0.3 is 0 Å². The van der Waals surface area contributed by atoms with Crippen molar-refractivity contribution in [3.05, 3.63) is 34.9 Å². The largest absolute Gasteiger partial charge is 0.507 e. The van der Waals surface area contributed by atoms with Gasteiger partial charge in [0.05, 0.1) is 11.2 Å². The van der Waals surface area contributed by atoms with Crippen molar-refractivity contribution in [3.63, 3.8) is 0 Å². The molecule has 1 aromatic carbocycles. The number of hydrogen-bond donors (Lipinski definition) is 3. The number of benzene rings is 1. The summed E-state index contributed by atoms with van der Waals surface area (Å²) < 4.78 is 0. The van der Waals surface area contributed by atoms with Crippen molar-refractivity contribution in [1.82, 2.24) is 10.9 Å². The Balaban J connectivity index is 2.67. The summed E-state index contributed by atoms with van der Waals surface area (Å²) in [5.74, 6) is 0.426. The van der Waals surface area contributed by atoms with Gasteiger partial charge in [0.25, 0.3) is 0 Å². The van der Waals surface area contributed by atoms with Crippen LogP contribution in [0.25, 0.3) is 5.70 Å². The summed E-state index contributed by atoms with van der Waals surface area (Å²) in [6.45, 7) is 17.1. The molecule has 3 heteroatoms. The Kier molecular flexibility index (Phi) is 3.85. The molecule has 1 aromatic rings. The van der Waals surface area contributed by atoms with Crippen molar-refractivity contribution < 1.29 is 5.11 Å². The molecule has 1 aliphatic heterocycles. The van der Waals surface area contributed by atoms with Crippen LogP contribution in [0.4, 0.5) is 0 Å². The van der Waals surface area contributed by atoms with Crippen LogP contribution in [-0.2, 0) is 10.8 Å². The fraction of sp³-hybridized carbons (Fsp3) is 0.579. The first-order valence-corrected chi connectivity index (χ1v) is 7.96. The van der Waals surface area contributed by atoms with Gasteiger partial charge in [-0.25, -0.2) is 5.43 Å². The zero-order valence-electron chi connectivity index (χ0n) is 15.2. The maximum atomic E-state index is 10.8. The van der Waals surface area contributed by atoms with E-state index in [0.29, 0.717) is 5.75 Å². The molecule has 122 valence electrons. The van der Waals surface area contributed by atoms with Gasteiger partial charge in [-0.2, -0.15) is 0 Å². The standard InChI is InChI=1S/C19H30N2O/c1-17(2,3)13-9-12(15-11-19(7,8)21-20-15)10-14(16(13)22)18(4,5)6/h9-11,20-22H,1-8H3. The van der Waals surface area contributed by atoms with E-state index in [1.54, 1.807) is 0 Å². The molecule has 0 saturated heterocycles. The third kappa shape index (κ3) is 3.30. The van der Waals surface area contributed by atoms with Crippen LogP contribution < -0.4 is 10.9 Å². The zero-order chi connectivity index (χ0) is 16.9. The molecule has 1 aliphatic rings. The molecule has 2 rings (SSSR count). The highest BCUT2D eigenvalue weighted by Gasteiger charge is 2.29. The topological polar surface area (TPSA) is 44.3 Å². The van der Waals surface area contributed by atoms with E-state index in [1.165, 1.54) is 0 Å². The Hall–Kier alpha value is -1.48. The van der Waals surface area contributed by atoms with Gasteiger partial charge in [-0.3, -0.25) is 0 Å². The van der Waals surface area contributed by atoms with Gasteiger partial charge in [0.1, 0.15) is 5.75 Å². The van der Waals surface area contributed by atoms with Crippen LogP contribution in [0.1, 0.15) is 72.1 Å². The van der Waals surface area contributed by atoms with E-state index in [2.05, 4.69) is 84.5 Å². The van der Waals surface area contributed by atoms with Crippen LogP contribution in [0.2, 0.25) is 0 Å². The fourth-order valence-corrected chi connectivity index (χ4v) is 2.75. The van der Waals surface area contributed by atoms with Crippen molar-refractivity contribution in [3.8, 4) is 5.75 Å². The number of phenols is 1. The number of rotatable bonds is 1. The molecule has 0 aromatic heterocycles. The number of aromatic hydroxyl groups is 1. The molecule has 22 heavy (non-hydrogen) atoms. The number of hydrazine groups is 1. The van der Waals surface area contributed by atoms with Crippen molar-refractivity contribution >= 4 is 5.70 Å². The van der Waals surface area contributed by atoms with Gasteiger partial charge in [0, 0.05) is 11.1 Å². The minimum absolute atomic E-state index is 0.0724. The summed E-state index contributed by atoms with van der Waals surface area (Å²) in [4.78, 5) is 0. The molecule has 0 aliphatic carbocycles. The third-order valence-electron chi connectivity index (χ3n) is 4.06. The highest BCUT2D eigenvalue weighted by Crippen LogP contribution is 2.41. The first-order valence-electron chi connectivity index (χ1n) is 7.96. The average molecular weight is 302 g/mol. The Morgan fingerprint density at radius 2 is 1.36 bits per heavy atom. The Labute approximate surface area is 134 Å². The van der Waals surface area contributed by atoms with E-state index in [4.69, 9.17) is 0 Å². The smallest absolute Gasteiger partial charge is 0.123 e. The molecule has 3 nitrogen and oxygen atoms in total. The Morgan fingerprint density at radius 3 is 1.68 bits per heavy atom. The van der Waals surface area contributed by atoms with Crippen LogP contribution in [0.3, 0.4) is 0 Å². The SMILES string of the molecule is CC1(C)C=C(c2cc(C(C)(C)C)c(O)c(C(C)(C)C)c2)NN1. The van der Waals surface area contributed by atoms with Gasteiger partial charge in [0.2, 0.25) is 0 Å². The maximum Gasteiger partial charge on any atom is 0.123 e. The Morgan fingerprint density at radius 1 is 0.909 bits per heavy atom. The van der Waals surface area contributed by atoms with Crippen LogP contribution >= 0.6 is 0 Å². The van der Waals surface area contributed by atoms with Gasteiger partial charge < -0.3 is 10.5 Å². The number of hydrogen-bond acceptors (Lipinski definition) is 3. The van der Waals surface area contributed by atoms with Crippen molar-refractivity contribution in [2.24, 2.45) is 0 Å². The number of nitrogens with one attached hydrogen (secondary N) is 2. The minimum Gasteiger partial charge on any atom is -0.507 e. The molecule has 0 unspecified atom stereocenters. The third-order valence-corrected chi connectivity index (χ3v) is 4.06. The summed E-state index contributed by atoms with van der Waals surface area (Å²) >= 11 is 0. The summed E-state index contributed by atoms with van der Waals surface area (Å²) in [5.41, 5.74) is 10.4. The van der Waals surface area contributed by atoms with Crippen molar-refractivity contribution in [1.29, 1.82) is 0 Å². The predicted molar refractivity (Wildman–Crippen MR) is 93.8 cm³/mol. The molecule has 0 radical (unpaired) electrons. The summed E-state index contributed by atoms with van der Waals surface area (Å²) in [6, 6.07) is 4.21. The van der Waals surface area contributed by atoms with E-state index < -0.39 is 0 Å². The van der Waals surface area contributed by atoms with E-state index in [-0.39, 0.29) is 16.4 Å². The molecule has 0 fully saturated rings. The van der Waals surface area contributed by atoms with Crippen LogP contribution in [0.5, 0.6) is 5.75 Å². The first-order chi connectivity index (χ1) is 9.81. The quantitative estimate of drug-likeness (QED) is 0.728. The first kappa shape index (κ1) is 16.9. The van der Waals surface area contributed by atoms with Gasteiger partial charge in [-0.15, -0.1) is 0 Å². The number of phenolic OH excluding ortho intramolecular Hbond substituents is 1. The molecule has 0 amide bonds. The van der Waals surface area contributed by atoms with Gasteiger partial charge in [-0.1, -0.05) is 41.5 Å². The van der Waals surface area contributed by atoms with E-state index in [0.717, 1.165) is 22.4 Å². The molecule has 0 bridgehead atoms. The predicted octanol–water partition coefficient (Wildman–Crippen LogP) is 4.21. The second-order valence-electron chi connectivity index (χ2n) is 8.95. The molecular weight excluding hydrogens is 272 g/mol. The minimum atomic E-state index is -0.109. The highest BCUT2D eigenvalue weighted by molar-refractivity contribution is 5.70. The summed E-state index contributed by atoms with van der Waals surface area (Å²) in [5, 5.41) is 10.8. The zero-order valence-corrected chi connectivity index (χ0v) is 15.2. The second kappa shape index (κ2) is 5.02. The molecule has 3 N–H and O–H groups in total. The van der Waals surface area contributed by atoms with Crippen LogP contribution in [0, 0.1) is 0 Å². The lowest BCUT2D eigenvalue weighted by Crippen LogP contribution is -2.39. The summed E-state index contributed by atoms with van der Waals surface area (Å²) in [6.07, 6.45) is 2.19. The normalized spacial score (nSPS) is 18.1. The average Bonchev–Trinajstić information content (AvgIpc) is 2.67. The molecular formula is C19H30N2O. The van der Waals surface area contributed by atoms with E-state index in [1.807, 2.05) is 0 Å². The molecule has 1 heterocycles. The van der Waals surface area contributed by atoms with Gasteiger partial charge in [0.15, 0.2) is 0 Å². The molecule has 0 spiro atoms. The second-order valence-corrected chi connectivity index (χ2v) is 8.95. The van der Waals surface area contributed by atoms with E-state index in [9.17, 15) is 5.11 Å². The monoisotopic (exact) mass is 302 g/mol. The van der Waals surface area contributed by atoms with Crippen LogP contribution in [0.15, 0.2) is 18.2 Å². The molecule has 0 atom stereocenters. The fourth-order valence-electron chi connectivity index (χ4n) is 2.75. The van der Waals surface area contributed by atoms with Crippen molar-refractivity contribution in [2.75, 3.05) is 0 Å².